The Kier molecular flexibility index (Phi) is 4.41. The van der Waals surface area contributed by atoms with Crippen molar-refractivity contribution in [3.8, 4) is 0 Å². The lowest BCUT2D eigenvalue weighted by Crippen LogP contribution is -2.24. The minimum Gasteiger partial charge on any atom is -0.399 e. The summed E-state index contributed by atoms with van der Waals surface area (Å²) in [5.41, 5.74) is 8.71. The van der Waals surface area contributed by atoms with Gasteiger partial charge in [0.25, 0.3) is 0 Å². The van der Waals surface area contributed by atoms with Crippen LogP contribution in [-0.4, -0.2) is 48.5 Å². The van der Waals surface area contributed by atoms with Gasteiger partial charge in [0, 0.05) is 18.7 Å². The second-order valence-corrected chi connectivity index (χ2v) is 6.26. The predicted molar refractivity (Wildman–Crippen MR) is 95.1 cm³/mol. The van der Waals surface area contributed by atoms with Gasteiger partial charge in [-0.1, -0.05) is 12.1 Å². The van der Waals surface area contributed by atoms with Crippen LogP contribution in [0.2, 0.25) is 0 Å². The molecule has 0 amide bonds. The number of hydrogen-bond acceptors (Lipinski definition) is 8. The maximum absolute atomic E-state index is 9.94. The highest BCUT2D eigenvalue weighted by Crippen LogP contribution is 2.31. The van der Waals surface area contributed by atoms with Crippen LogP contribution in [0.1, 0.15) is 18.2 Å². The van der Waals surface area contributed by atoms with Crippen LogP contribution < -0.4 is 11.1 Å². The van der Waals surface area contributed by atoms with E-state index >= 15 is 0 Å². The molecular weight excluding hydrogens is 336 g/mol. The van der Waals surface area contributed by atoms with E-state index in [0.29, 0.717) is 29.9 Å². The van der Waals surface area contributed by atoms with Gasteiger partial charge in [-0.3, -0.25) is 4.57 Å². The third kappa shape index (κ3) is 3.07. The molecule has 1 saturated heterocycles. The Morgan fingerprint density at radius 3 is 2.77 bits per heavy atom. The first kappa shape index (κ1) is 16.7. The minimum atomic E-state index is -0.715. The summed E-state index contributed by atoms with van der Waals surface area (Å²) >= 11 is 0. The molecule has 1 fully saturated rings. The van der Waals surface area contributed by atoms with Gasteiger partial charge in [0.05, 0.1) is 19.0 Å². The molecule has 1 unspecified atom stereocenters. The van der Waals surface area contributed by atoms with Crippen molar-refractivity contribution in [3.63, 3.8) is 0 Å². The predicted octanol–water partition coefficient (Wildman–Crippen LogP) is 0.661. The average molecular weight is 356 g/mol. The minimum absolute atomic E-state index is 0.228. The Bertz CT molecular complexity index is 897. The van der Waals surface area contributed by atoms with Gasteiger partial charge in [-0.25, -0.2) is 15.0 Å². The molecule has 1 aromatic carbocycles. The van der Waals surface area contributed by atoms with Crippen LogP contribution in [0.15, 0.2) is 36.9 Å². The van der Waals surface area contributed by atoms with Crippen molar-refractivity contribution in [1.29, 1.82) is 0 Å². The first-order valence-electron chi connectivity index (χ1n) is 8.36. The van der Waals surface area contributed by atoms with Crippen molar-refractivity contribution >= 4 is 22.7 Å². The fraction of sp³-hybridized carbons (Fsp3) is 0.353. The quantitative estimate of drug-likeness (QED) is 0.490. The second-order valence-electron chi connectivity index (χ2n) is 6.26. The summed E-state index contributed by atoms with van der Waals surface area (Å²) in [4.78, 5) is 13.0. The molecule has 26 heavy (non-hydrogen) atoms. The Morgan fingerprint density at radius 2 is 2.04 bits per heavy atom. The molecule has 136 valence electrons. The van der Waals surface area contributed by atoms with Crippen molar-refractivity contribution in [3.05, 3.63) is 42.5 Å². The van der Waals surface area contributed by atoms with E-state index in [4.69, 9.17) is 10.5 Å². The summed E-state index contributed by atoms with van der Waals surface area (Å²) in [7, 11) is 0. The normalized spacial score (nSPS) is 22.8. The number of hydrogen-bond donors (Lipinski definition) is 4. The SMILES string of the molecule is Nc1ccc(CNc2ncnc3c2ncn3C2C[C@H](O)[C@@H](CO)O2)cc1. The van der Waals surface area contributed by atoms with E-state index in [2.05, 4.69) is 20.3 Å². The number of ether oxygens (including phenoxy) is 1. The lowest BCUT2D eigenvalue weighted by Gasteiger charge is -2.13. The summed E-state index contributed by atoms with van der Waals surface area (Å²) < 4.78 is 7.44. The fourth-order valence-electron chi connectivity index (χ4n) is 3.06. The van der Waals surface area contributed by atoms with Gasteiger partial charge in [-0.05, 0) is 17.7 Å². The molecule has 0 spiro atoms. The summed E-state index contributed by atoms with van der Waals surface area (Å²) in [6, 6.07) is 7.59. The molecule has 3 aromatic rings. The zero-order chi connectivity index (χ0) is 18.1. The van der Waals surface area contributed by atoms with Crippen molar-refractivity contribution in [1.82, 2.24) is 19.5 Å². The van der Waals surface area contributed by atoms with Gasteiger partial charge in [-0.2, -0.15) is 0 Å². The first-order chi connectivity index (χ1) is 12.7. The van der Waals surface area contributed by atoms with Gasteiger partial charge in [0.2, 0.25) is 0 Å². The van der Waals surface area contributed by atoms with E-state index in [1.807, 2.05) is 24.3 Å². The van der Waals surface area contributed by atoms with Crippen LogP contribution in [-0.2, 0) is 11.3 Å². The average Bonchev–Trinajstić information content (AvgIpc) is 3.24. The number of nitrogens with two attached hydrogens (primary N) is 1. The molecule has 3 heterocycles. The molecule has 0 radical (unpaired) electrons. The number of aromatic nitrogens is 4. The molecule has 2 aromatic heterocycles. The molecular formula is C17H20N6O3. The van der Waals surface area contributed by atoms with Crippen molar-refractivity contribution in [2.45, 2.75) is 31.4 Å². The Labute approximate surface area is 149 Å². The molecule has 3 atom stereocenters. The number of nitrogens with zero attached hydrogens (tertiary/aromatic N) is 4. The number of aliphatic hydroxyl groups excluding tert-OH is 2. The molecule has 5 N–H and O–H groups in total. The number of fused-ring (bicyclic) bond motifs is 1. The largest absolute Gasteiger partial charge is 0.399 e. The third-order valence-electron chi connectivity index (χ3n) is 4.49. The lowest BCUT2D eigenvalue weighted by molar-refractivity contribution is -0.0432. The fourth-order valence-corrected chi connectivity index (χ4v) is 3.06. The van der Waals surface area contributed by atoms with E-state index < -0.39 is 18.4 Å². The van der Waals surface area contributed by atoms with Crippen molar-refractivity contribution in [2.24, 2.45) is 0 Å². The van der Waals surface area contributed by atoms with Crippen LogP contribution in [0.3, 0.4) is 0 Å². The number of rotatable bonds is 5. The zero-order valence-electron chi connectivity index (χ0n) is 14.0. The van der Waals surface area contributed by atoms with Crippen LogP contribution in [0.25, 0.3) is 11.2 Å². The molecule has 1 aliphatic heterocycles. The van der Waals surface area contributed by atoms with E-state index in [1.54, 1.807) is 10.9 Å². The maximum atomic E-state index is 9.94. The van der Waals surface area contributed by atoms with E-state index in [-0.39, 0.29) is 6.61 Å². The van der Waals surface area contributed by atoms with Crippen LogP contribution in [0.5, 0.6) is 0 Å². The highest BCUT2D eigenvalue weighted by molar-refractivity contribution is 5.82. The monoisotopic (exact) mass is 356 g/mol. The summed E-state index contributed by atoms with van der Waals surface area (Å²) in [5, 5.41) is 22.5. The summed E-state index contributed by atoms with van der Waals surface area (Å²) in [6.07, 6.45) is 1.71. The van der Waals surface area contributed by atoms with Gasteiger partial charge < -0.3 is 26.0 Å². The molecule has 0 aliphatic carbocycles. The lowest BCUT2D eigenvalue weighted by atomic mass is 10.2. The Hall–Kier alpha value is -2.75. The topological polar surface area (TPSA) is 131 Å². The maximum Gasteiger partial charge on any atom is 0.167 e. The van der Waals surface area contributed by atoms with E-state index in [9.17, 15) is 10.2 Å². The molecule has 0 bridgehead atoms. The van der Waals surface area contributed by atoms with Gasteiger partial charge >= 0.3 is 0 Å². The zero-order valence-corrected chi connectivity index (χ0v) is 14.0. The number of nitrogen functional groups attached to an aromatic ring is 1. The van der Waals surface area contributed by atoms with Gasteiger partial charge in [-0.15, -0.1) is 0 Å². The highest BCUT2D eigenvalue weighted by Gasteiger charge is 2.35. The van der Waals surface area contributed by atoms with Crippen LogP contribution in [0.4, 0.5) is 11.5 Å². The molecule has 9 heteroatoms. The van der Waals surface area contributed by atoms with E-state index in [0.717, 1.165) is 11.3 Å². The van der Waals surface area contributed by atoms with E-state index in [1.165, 1.54) is 6.33 Å². The number of anilines is 2. The standard InChI is InChI=1S/C17H20N6O3/c18-11-3-1-10(2-4-11)6-19-16-15-17(21-8-20-16)23(9-22-15)14-5-12(25)13(7-24)26-14/h1-4,8-9,12-14,24-25H,5-7,18H2,(H,19,20,21)/t12-,13+,14?/m0/s1. The second kappa shape index (κ2) is 6.87. The molecule has 4 rings (SSSR count). The number of aliphatic hydroxyl groups is 2. The smallest absolute Gasteiger partial charge is 0.167 e. The summed E-state index contributed by atoms with van der Waals surface area (Å²) in [5.74, 6) is 0.614. The summed E-state index contributed by atoms with van der Waals surface area (Å²) in [6.45, 7) is 0.345. The number of imidazole rings is 1. The van der Waals surface area contributed by atoms with Crippen molar-refractivity contribution in [2.75, 3.05) is 17.7 Å². The third-order valence-corrected chi connectivity index (χ3v) is 4.49. The number of benzene rings is 1. The Balaban J connectivity index is 1.56. The number of nitrogens with one attached hydrogen (secondary N) is 1. The molecule has 0 saturated carbocycles. The van der Waals surface area contributed by atoms with Crippen LogP contribution >= 0.6 is 0 Å². The van der Waals surface area contributed by atoms with Crippen molar-refractivity contribution < 1.29 is 14.9 Å². The molecule has 1 aliphatic rings. The highest BCUT2D eigenvalue weighted by atomic mass is 16.5. The van der Waals surface area contributed by atoms with Gasteiger partial charge in [0.1, 0.15) is 18.7 Å². The van der Waals surface area contributed by atoms with Gasteiger partial charge in [0.15, 0.2) is 17.0 Å². The molecule has 9 nitrogen and oxygen atoms in total. The first-order valence-corrected chi connectivity index (χ1v) is 8.36. The Morgan fingerprint density at radius 1 is 1.23 bits per heavy atom. The van der Waals surface area contributed by atoms with Crippen LogP contribution in [0, 0.1) is 0 Å².